The SMILES string of the molecule is COC(=O)c1ccccc1N(CC(=O)NCC(C)C)C(C)=O. The molecular weight excluding hydrogens is 284 g/mol. The molecule has 1 rings (SSSR count). The van der Waals surface area contributed by atoms with E-state index in [9.17, 15) is 14.4 Å². The van der Waals surface area contributed by atoms with Crippen molar-refractivity contribution in [3.63, 3.8) is 0 Å². The van der Waals surface area contributed by atoms with Gasteiger partial charge in [0.15, 0.2) is 0 Å². The molecule has 0 bridgehead atoms. The lowest BCUT2D eigenvalue weighted by Gasteiger charge is -2.23. The fourth-order valence-corrected chi connectivity index (χ4v) is 1.88. The van der Waals surface area contributed by atoms with Crippen LogP contribution in [-0.2, 0) is 14.3 Å². The van der Waals surface area contributed by atoms with Crippen molar-refractivity contribution >= 4 is 23.5 Å². The summed E-state index contributed by atoms with van der Waals surface area (Å²) in [6.07, 6.45) is 0. The summed E-state index contributed by atoms with van der Waals surface area (Å²) in [6.45, 7) is 5.70. The van der Waals surface area contributed by atoms with E-state index < -0.39 is 5.97 Å². The highest BCUT2D eigenvalue weighted by Crippen LogP contribution is 2.21. The van der Waals surface area contributed by atoms with E-state index in [0.29, 0.717) is 18.2 Å². The minimum atomic E-state index is -0.551. The fraction of sp³-hybridized carbons (Fsp3) is 0.438. The van der Waals surface area contributed by atoms with Gasteiger partial charge in [-0.25, -0.2) is 4.79 Å². The van der Waals surface area contributed by atoms with Gasteiger partial charge in [0.25, 0.3) is 0 Å². The van der Waals surface area contributed by atoms with E-state index >= 15 is 0 Å². The van der Waals surface area contributed by atoms with Gasteiger partial charge in [0, 0.05) is 13.5 Å². The van der Waals surface area contributed by atoms with Crippen LogP contribution in [0.4, 0.5) is 5.69 Å². The molecule has 0 aromatic heterocycles. The molecule has 0 aliphatic heterocycles. The number of hydrogen-bond acceptors (Lipinski definition) is 4. The number of esters is 1. The third-order valence-corrected chi connectivity index (χ3v) is 2.99. The molecule has 2 amide bonds. The van der Waals surface area contributed by atoms with Crippen LogP contribution in [-0.4, -0.2) is 38.0 Å². The van der Waals surface area contributed by atoms with Crippen molar-refractivity contribution in [3.8, 4) is 0 Å². The van der Waals surface area contributed by atoms with Crippen LogP contribution in [0, 0.1) is 5.92 Å². The van der Waals surface area contributed by atoms with Gasteiger partial charge >= 0.3 is 5.97 Å². The Morgan fingerprint density at radius 3 is 2.41 bits per heavy atom. The second-order valence-electron chi connectivity index (χ2n) is 5.31. The van der Waals surface area contributed by atoms with Gasteiger partial charge in [-0.1, -0.05) is 26.0 Å². The van der Waals surface area contributed by atoms with Gasteiger partial charge in [0.2, 0.25) is 11.8 Å². The smallest absolute Gasteiger partial charge is 0.339 e. The molecule has 0 aliphatic rings. The predicted molar refractivity (Wildman–Crippen MR) is 83.7 cm³/mol. The number of methoxy groups -OCH3 is 1. The van der Waals surface area contributed by atoms with Crippen molar-refractivity contribution in [1.82, 2.24) is 5.32 Å². The molecule has 1 N–H and O–H groups in total. The lowest BCUT2D eigenvalue weighted by atomic mass is 10.1. The molecule has 0 saturated heterocycles. The molecule has 0 saturated carbocycles. The molecule has 6 heteroatoms. The first-order valence-corrected chi connectivity index (χ1v) is 7.09. The molecule has 22 heavy (non-hydrogen) atoms. The van der Waals surface area contributed by atoms with Crippen molar-refractivity contribution in [2.75, 3.05) is 25.1 Å². The molecule has 1 aromatic carbocycles. The number of nitrogens with one attached hydrogen (secondary N) is 1. The number of nitrogens with zero attached hydrogens (tertiary/aromatic N) is 1. The van der Waals surface area contributed by atoms with Gasteiger partial charge in [-0.05, 0) is 18.1 Å². The first-order chi connectivity index (χ1) is 10.4. The van der Waals surface area contributed by atoms with Gasteiger partial charge in [-0.15, -0.1) is 0 Å². The van der Waals surface area contributed by atoms with Gasteiger partial charge in [-0.2, -0.15) is 0 Å². The number of ether oxygens (including phenoxy) is 1. The second-order valence-corrected chi connectivity index (χ2v) is 5.31. The number of para-hydroxylation sites is 1. The molecule has 6 nitrogen and oxygen atoms in total. The highest BCUT2D eigenvalue weighted by Gasteiger charge is 2.21. The maximum atomic E-state index is 12.0. The maximum Gasteiger partial charge on any atom is 0.339 e. The number of amides is 2. The quantitative estimate of drug-likeness (QED) is 0.810. The lowest BCUT2D eigenvalue weighted by molar-refractivity contribution is -0.123. The summed E-state index contributed by atoms with van der Waals surface area (Å²) in [5, 5.41) is 2.75. The molecule has 0 atom stereocenters. The van der Waals surface area contributed by atoms with Gasteiger partial charge in [0.05, 0.1) is 18.4 Å². The van der Waals surface area contributed by atoms with E-state index in [1.807, 2.05) is 13.8 Å². The summed E-state index contributed by atoms with van der Waals surface area (Å²) >= 11 is 0. The molecule has 1 aromatic rings. The van der Waals surface area contributed by atoms with E-state index in [0.717, 1.165) is 0 Å². The second kappa shape index (κ2) is 8.17. The minimum Gasteiger partial charge on any atom is -0.465 e. The van der Waals surface area contributed by atoms with E-state index in [4.69, 9.17) is 4.74 Å². The van der Waals surface area contributed by atoms with Crippen LogP contribution in [0.15, 0.2) is 24.3 Å². The van der Waals surface area contributed by atoms with Gasteiger partial charge < -0.3 is 15.0 Å². The van der Waals surface area contributed by atoms with Crippen LogP contribution < -0.4 is 10.2 Å². The van der Waals surface area contributed by atoms with Crippen LogP contribution in [0.3, 0.4) is 0 Å². The average Bonchev–Trinajstić information content (AvgIpc) is 2.49. The zero-order chi connectivity index (χ0) is 16.7. The Labute approximate surface area is 130 Å². The van der Waals surface area contributed by atoms with Gasteiger partial charge in [0.1, 0.15) is 6.54 Å². The molecule has 0 aliphatic carbocycles. The fourth-order valence-electron chi connectivity index (χ4n) is 1.88. The van der Waals surface area contributed by atoms with Crippen LogP contribution >= 0.6 is 0 Å². The van der Waals surface area contributed by atoms with Crippen molar-refractivity contribution in [2.45, 2.75) is 20.8 Å². The van der Waals surface area contributed by atoms with E-state index in [1.54, 1.807) is 24.3 Å². The number of anilines is 1. The first kappa shape index (κ1) is 17.7. The lowest BCUT2D eigenvalue weighted by Crippen LogP contribution is -2.41. The monoisotopic (exact) mass is 306 g/mol. The molecule has 0 fully saturated rings. The predicted octanol–water partition coefficient (Wildman–Crippen LogP) is 1.60. The molecule has 0 unspecified atom stereocenters. The Morgan fingerprint density at radius 1 is 1.23 bits per heavy atom. The Balaban J connectivity index is 2.99. The van der Waals surface area contributed by atoms with E-state index in [-0.39, 0.29) is 23.9 Å². The van der Waals surface area contributed by atoms with Crippen LogP contribution in [0.2, 0.25) is 0 Å². The number of carbonyl (C=O) groups is 3. The summed E-state index contributed by atoms with van der Waals surface area (Å²) in [6, 6.07) is 6.54. The van der Waals surface area contributed by atoms with Crippen LogP contribution in [0.5, 0.6) is 0 Å². The Kier molecular flexibility index (Phi) is 6.56. The summed E-state index contributed by atoms with van der Waals surface area (Å²) in [5.41, 5.74) is 0.610. The van der Waals surface area contributed by atoms with Crippen molar-refractivity contribution < 1.29 is 19.1 Å². The molecule has 120 valence electrons. The number of hydrogen-bond donors (Lipinski definition) is 1. The largest absolute Gasteiger partial charge is 0.465 e. The summed E-state index contributed by atoms with van der Waals surface area (Å²) in [5.74, 6) is -0.832. The molecular formula is C16H22N2O4. The average molecular weight is 306 g/mol. The number of benzene rings is 1. The Bertz CT molecular complexity index is 555. The molecule has 0 spiro atoms. The molecule has 0 radical (unpaired) electrons. The van der Waals surface area contributed by atoms with E-state index in [1.165, 1.54) is 18.9 Å². The topological polar surface area (TPSA) is 75.7 Å². The third-order valence-electron chi connectivity index (χ3n) is 2.99. The third kappa shape index (κ3) is 4.87. The van der Waals surface area contributed by atoms with Crippen molar-refractivity contribution in [2.24, 2.45) is 5.92 Å². The Morgan fingerprint density at radius 2 is 1.86 bits per heavy atom. The van der Waals surface area contributed by atoms with Gasteiger partial charge in [-0.3, -0.25) is 9.59 Å². The summed E-state index contributed by atoms with van der Waals surface area (Å²) in [4.78, 5) is 36.9. The minimum absolute atomic E-state index is 0.143. The van der Waals surface area contributed by atoms with E-state index in [2.05, 4.69) is 5.32 Å². The maximum absolute atomic E-state index is 12.0. The zero-order valence-electron chi connectivity index (χ0n) is 13.4. The summed E-state index contributed by atoms with van der Waals surface area (Å²) in [7, 11) is 1.27. The highest BCUT2D eigenvalue weighted by molar-refractivity contribution is 6.04. The van der Waals surface area contributed by atoms with Crippen molar-refractivity contribution in [3.05, 3.63) is 29.8 Å². The molecule has 0 heterocycles. The van der Waals surface area contributed by atoms with Crippen LogP contribution in [0.1, 0.15) is 31.1 Å². The zero-order valence-corrected chi connectivity index (χ0v) is 13.4. The normalized spacial score (nSPS) is 10.2. The number of carbonyl (C=O) groups excluding carboxylic acids is 3. The first-order valence-electron chi connectivity index (χ1n) is 7.09. The Hall–Kier alpha value is -2.37. The van der Waals surface area contributed by atoms with Crippen molar-refractivity contribution in [1.29, 1.82) is 0 Å². The summed E-state index contributed by atoms with van der Waals surface area (Å²) < 4.78 is 4.71. The highest BCUT2D eigenvalue weighted by atomic mass is 16.5. The standard InChI is InChI=1S/C16H22N2O4/c1-11(2)9-17-15(20)10-18(12(3)19)14-8-6-5-7-13(14)16(21)22-4/h5-8,11H,9-10H2,1-4H3,(H,17,20). The van der Waals surface area contributed by atoms with Crippen LogP contribution in [0.25, 0.3) is 0 Å². The number of rotatable bonds is 6.